The number of aromatic nitrogens is 1. The average molecular weight is 490 g/mol. The molecule has 0 atom stereocenters. The summed E-state index contributed by atoms with van der Waals surface area (Å²) in [5, 5.41) is 9.89. The lowest BCUT2D eigenvalue weighted by atomic mass is 10.1. The van der Waals surface area contributed by atoms with Gasteiger partial charge in [0.25, 0.3) is 0 Å². The van der Waals surface area contributed by atoms with E-state index >= 15 is 0 Å². The van der Waals surface area contributed by atoms with Crippen LogP contribution < -0.4 is 10.6 Å². The molecule has 0 aliphatic rings. The van der Waals surface area contributed by atoms with Crippen LogP contribution in [0.3, 0.4) is 0 Å². The van der Waals surface area contributed by atoms with Gasteiger partial charge in [-0.15, -0.1) is 11.3 Å². The van der Waals surface area contributed by atoms with Crippen molar-refractivity contribution in [1.29, 1.82) is 0 Å². The highest BCUT2D eigenvalue weighted by molar-refractivity contribution is 8.01. The number of rotatable bonds is 10. The summed E-state index contributed by atoms with van der Waals surface area (Å²) in [6.07, 6.45) is 3.60. The highest BCUT2D eigenvalue weighted by Gasteiger charge is 2.11. The van der Waals surface area contributed by atoms with Crippen molar-refractivity contribution in [2.75, 3.05) is 16.4 Å². The van der Waals surface area contributed by atoms with Crippen molar-refractivity contribution >= 4 is 57.1 Å². The monoisotopic (exact) mass is 489 g/mol. The van der Waals surface area contributed by atoms with Crippen LogP contribution >= 0.6 is 23.1 Å². The van der Waals surface area contributed by atoms with Gasteiger partial charge in [0, 0.05) is 22.1 Å². The van der Waals surface area contributed by atoms with Crippen LogP contribution in [0.4, 0.5) is 11.4 Å². The molecule has 174 valence electrons. The molecule has 3 aromatic carbocycles. The molecule has 0 spiro atoms. The maximum absolute atomic E-state index is 12.5. The number of nitrogens with one attached hydrogen (secondary N) is 2. The fourth-order valence-corrected chi connectivity index (χ4v) is 5.23. The molecular formula is C27H27N3O2S2. The molecule has 0 unspecified atom stereocenters. The number of hydrogen-bond donors (Lipinski definition) is 2. The fourth-order valence-electron chi connectivity index (χ4n) is 3.59. The Morgan fingerprint density at radius 1 is 0.941 bits per heavy atom. The third-order valence-corrected chi connectivity index (χ3v) is 7.39. The molecule has 4 aromatic rings. The van der Waals surface area contributed by atoms with Gasteiger partial charge in [-0.05, 0) is 42.0 Å². The van der Waals surface area contributed by atoms with Gasteiger partial charge in [0.05, 0.1) is 17.9 Å². The van der Waals surface area contributed by atoms with Crippen molar-refractivity contribution in [3.8, 4) is 0 Å². The van der Waals surface area contributed by atoms with Crippen molar-refractivity contribution in [2.24, 2.45) is 0 Å². The molecule has 0 aliphatic carbocycles. The molecule has 0 aliphatic heterocycles. The van der Waals surface area contributed by atoms with Crippen molar-refractivity contribution in [2.45, 2.75) is 36.9 Å². The number of thiazole rings is 1. The topological polar surface area (TPSA) is 71.1 Å². The van der Waals surface area contributed by atoms with Crippen LogP contribution in [0, 0.1) is 0 Å². The van der Waals surface area contributed by atoms with Crippen molar-refractivity contribution in [3.63, 3.8) is 0 Å². The number of hydrogen-bond acceptors (Lipinski definition) is 5. The van der Waals surface area contributed by atoms with Gasteiger partial charge in [-0.3, -0.25) is 9.59 Å². The Labute approximate surface area is 208 Å². The molecule has 2 N–H and O–H groups in total. The zero-order chi connectivity index (χ0) is 23.8. The minimum absolute atomic E-state index is 0.0850. The van der Waals surface area contributed by atoms with Gasteiger partial charge < -0.3 is 10.6 Å². The minimum atomic E-state index is -0.100. The van der Waals surface area contributed by atoms with Crippen molar-refractivity contribution in [1.82, 2.24) is 4.98 Å². The third kappa shape index (κ3) is 6.68. The number of carbonyl (C=O) groups excluding carboxylic acids is 2. The third-order valence-electron chi connectivity index (χ3n) is 5.32. The molecule has 7 heteroatoms. The summed E-state index contributed by atoms with van der Waals surface area (Å²) in [6, 6.07) is 21.8. The van der Waals surface area contributed by atoms with Crippen LogP contribution in [0.15, 0.2) is 76.4 Å². The zero-order valence-electron chi connectivity index (χ0n) is 19.0. The van der Waals surface area contributed by atoms with E-state index in [1.165, 1.54) is 41.5 Å². The van der Waals surface area contributed by atoms with Crippen LogP contribution in [-0.4, -0.2) is 22.6 Å². The highest BCUT2D eigenvalue weighted by atomic mass is 32.2. The van der Waals surface area contributed by atoms with Crippen LogP contribution in [0.5, 0.6) is 0 Å². The van der Waals surface area contributed by atoms with Gasteiger partial charge in [0.1, 0.15) is 0 Å². The zero-order valence-corrected chi connectivity index (χ0v) is 20.7. The SMILES string of the molecule is CCCCc1ccc(NC(=O)Cc2csc(SCC(=O)Nc3cccc4ccccc34)n2)cc1. The molecular weight excluding hydrogens is 462 g/mol. The summed E-state index contributed by atoms with van der Waals surface area (Å²) in [7, 11) is 0. The van der Waals surface area contributed by atoms with Crippen LogP contribution in [0.1, 0.15) is 31.0 Å². The summed E-state index contributed by atoms with van der Waals surface area (Å²) >= 11 is 2.83. The molecule has 0 bridgehead atoms. The molecule has 4 rings (SSSR count). The largest absolute Gasteiger partial charge is 0.326 e. The Morgan fingerprint density at radius 3 is 2.56 bits per heavy atom. The fraction of sp³-hybridized carbons (Fsp3) is 0.222. The molecule has 5 nitrogen and oxygen atoms in total. The predicted molar refractivity (Wildman–Crippen MR) is 143 cm³/mol. The Balaban J connectivity index is 1.25. The second-order valence-corrected chi connectivity index (χ2v) is 10.1. The summed E-state index contributed by atoms with van der Waals surface area (Å²) < 4.78 is 0.774. The number of aryl methyl sites for hydroxylation is 1. The van der Waals surface area contributed by atoms with Crippen molar-refractivity contribution < 1.29 is 9.59 Å². The van der Waals surface area contributed by atoms with Gasteiger partial charge in [-0.1, -0.05) is 73.6 Å². The first-order valence-electron chi connectivity index (χ1n) is 11.3. The number of amides is 2. The molecule has 1 aromatic heterocycles. The van der Waals surface area contributed by atoms with E-state index in [0.29, 0.717) is 5.69 Å². The Bertz CT molecular complexity index is 1260. The van der Waals surface area contributed by atoms with E-state index in [1.54, 1.807) is 0 Å². The van der Waals surface area contributed by atoms with E-state index in [-0.39, 0.29) is 24.0 Å². The highest BCUT2D eigenvalue weighted by Crippen LogP contribution is 2.25. The number of nitrogens with zero attached hydrogens (tertiary/aromatic N) is 1. The quantitative estimate of drug-likeness (QED) is 0.248. The second kappa shape index (κ2) is 11.8. The molecule has 2 amide bonds. The first kappa shape index (κ1) is 24.0. The maximum Gasteiger partial charge on any atom is 0.234 e. The summed E-state index contributed by atoms with van der Waals surface area (Å²) in [5.41, 5.74) is 3.59. The predicted octanol–water partition coefficient (Wildman–Crippen LogP) is 6.55. The van der Waals surface area contributed by atoms with Gasteiger partial charge in [0.15, 0.2) is 4.34 Å². The van der Waals surface area contributed by atoms with E-state index in [0.717, 1.165) is 32.9 Å². The smallest absolute Gasteiger partial charge is 0.234 e. The van der Waals surface area contributed by atoms with Crippen LogP contribution in [-0.2, 0) is 22.4 Å². The van der Waals surface area contributed by atoms with Gasteiger partial charge in [-0.25, -0.2) is 4.98 Å². The van der Waals surface area contributed by atoms with E-state index in [4.69, 9.17) is 0 Å². The molecule has 1 heterocycles. The van der Waals surface area contributed by atoms with Gasteiger partial charge in [0.2, 0.25) is 11.8 Å². The first-order valence-corrected chi connectivity index (χ1v) is 13.2. The summed E-state index contributed by atoms with van der Waals surface area (Å²) in [4.78, 5) is 29.4. The number of fused-ring (bicyclic) bond motifs is 1. The van der Waals surface area contributed by atoms with E-state index in [9.17, 15) is 9.59 Å². The van der Waals surface area contributed by atoms with Crippen LogP contribution in [0.25, 0.3) is 10.8 Å². The molecule has 0 fully saturated rings. The van der Waals surface area contributed by atoms with Crippen LogP contribution in [0.2, 0.25) is 0 Å². The van der Waals surface area contributed by atoms with Gasteiger partial charge in [-0.2, -0.15) is 0 Å². The van der Waals surface area contributed by atoms with E-state index in [1.807, 2.05) is 60.0 Å². The average Bonchev–Trinajstić information content (AvgIpc) is 3.29. The number of anilines is 2. The Hall–Kier alpha value is -3.16. The standard InChI is InChI=1S/C27H27N3O2S2/c1-2-3-7-19-12-14-21(15-13-19)28-25(31)16-22-17-33-27(29-22)34-18-26(32)30-24-11-6-9-20-8-4-5-10-23(20)24/h4-6,8-15,17H,2-3,7,16,18H2,1H3,(H,28,31)(H,30,32). The first-order chi connectivity index (χ1) is 16.6. The lowest BCUT2D eigenvalue weighted by Crippen LogP contribution is -2.15. The van der Waals surface area contributed by atoms with Crippen molar-refractivity contribution in [3.05, 3.63) is 83.4 Å². The molecule has 34 heavy (non-hydrogen) atoms. The summed E-state index contributed by atoms with van der Waals surface area (Å²) in [6.45, 7) is 2.18. The number of benzene rings is 3. The number of thioether (sulfide) groups is 1. The number of unbranched alkanes of at least 4 members (excludes halogenated alkanes) is 1. The summed E-state index contributed by atoms with van der Waals surface area (Å²) in [5.74, 6) is 0.0716. The van der Waals surface area contributed by atoms with Gasteiger partial charge >= 0.3 is 0 Å². The molecule has 0 saturated carbocycles. The second-order valence-electron chi connectivity index (χ2n) is 7.99. The lowest BCUT2D eigenvalue weighted by Gasteiger charge is -2.08. The maximum atomic E-state index is 12.5. The van der Waals surface area contributed by atoms with E-state index in [2.05, 4.69) is 34.7 Å². The molecule has 0 saturated heterocycles. The lowest BCUT2D eigenvalue weighted by molar-refractivity contribution is -0.116. The minimum Gasteiger partial charge on any atom is -0.326 e. The van der Waals surface area contributed by atoms with E-state index < -0.39 is 0 Å². The Morgan fingerprint density at radius 2 is 1.74 bits per heavy atom. The molecule has 0 radical (unpaired) electrons. The Kier molecular flexibility index (Phi) is 8.33. The normalized spacial score (nSPS) is 10.9. The number of carbonyl (C=O) groups is 2.